The monoisotopic (exact) mass is 267 g/mol. The largest absolute Gasteiger partial charge is 0.369 e. The molecule has 0 unspecified atom stereocenters. The molecule has 4 N–H and O–H groups in total. The summed E-state index contributed by atoms with van der Waals surface area (Å²) >= 11 is 1.30. The van der Waals surface area contributed by atoms with Crippen LogP contribution in [0.2, 0.25) is 0 Å². The number of thioether (sulfide) groups is 1. The van der Waals surface area contributed by atoms with Crippen molar-refractivity contribution in [1.29, 1.82) is 0 Å². The Morgan fingerprint density at radius 1 is 1.33 bits per heavy atom. The van der Waals surface area contributed by atoms with Gasteiger partial charge in [0.05, 0.1) is 11.4 Å². The molecule has 18 heavy (non-hydrogen) atoms. The molecule has 0 fully saturated rings. The molecule has 5 nitrogen and oxygen atoms in total. The van der Waals surface area contributed by atoms with Crippen molar-refractivity contribution in [1.82, 2.24) is 5.32 Å². The average molecular weight is 267 g/mol. The first-order valence-electron chi connectivity index (χ1n) is 5.68. The minimum absolute atomic E-state index is 0.190. The van der Waals surface area contributed by atoms with Crippen LogP contribution in [0, 0.1) is 0 Å². The zero-order valence-electron chi connectivity index (χ0n) is 10.2. The Bertz CT molecular complexity index is 424. The van der Waals surface area contributed by atoms with Crippen LogP contribution in [0.3, 0.4) is 0 Å². The first kappa shape index (κ1) is 14.4. The van der Waals surface area contributed by atoms with Gasteiger partial charge in [-0.05, 0) is 18.6 Å². The molecule has 0 saturated heterocycles. The number of primary amides is 1. The summed E-state index contributed by atoms with van der Waals surface area (Å²) in [5.41, 5.74) is 5.78. The quantitative estimate of drug-likeness (QED) is 0.687. The fourth-order valence-electron chi connectivity index (χ4n) is 1.25. The van der Waals surface area contributed by atoms with E-state index in [9.17, 15) is 9.59 Å². The van der Waals surface area contributed by atoms with Crippen LogP contribution in [0.4, 0.5) is 10.5 Å². The molecule has 0 radical (unpaired) electrons. The van der Waals surface area contributed by atoms with Gasteiger partial charge in [-0.2, -0.15) is 0 Å². The predicted octanol–water partition coefficient (Wildman–Crippen LogP) is 1.80. The number of amides is 3. The summed E-state index contributed by atoms with van der Waals surface area (Å²) in [6, 6.07) is 7.05. The van der Waals surface area contributed by atoms with Gasteiger partial charge in [0, 0.05) is 11.4 Å². The van der Waals surface area contributed by atoms with Crippen LogP contribution in [-0.4, -0.2) is 24.2 Å². The Hall–Kier alpha value is -1.69. The van der Waals surface area contributed by atoms with E-state index in [1.54, 1.807) is 6.07 Å². The van der Waals surface area contributed by atoms with E-state index in [1.165, 1.54) is 11.8 Å². The van der Waals surface area contributed by atoms with Crippen molar-refractivity contribution < 1.29 is 9.59 Å². The van der Waals surface area contributed by atoms with Gasteiger partial charge in [-0.3, -0.25) is 4.79 Å². The molecule has 1 rings (SSSR count). The summed E-state index contributed by atoms with van der Waals surface area (Å²) < 4.78 is 0. The molecule has 6 heteroatoms. The Morgan fingerprint density at radius 3 is 2.72 bits per heavy atom. The smallest absolute Gasteiger partial charge is 0.319 e. The molecule has 0 spiro atoms. The molecule has 0 aliphatic carbocycles. The molecule has 0 heterocycles. The fourth-order valence-corrected chi connectivity index (χ4v) is 2.00. The topological polar surface area (TPSA) is 84.2 Å². The predicted molar refractivity (Wildman–Crippen MR) is 73.7 cm³/mol. The van der Waals surface area contributed by atoms with Gasteiger partial charge in [-0.25, -0.2) is 4.79 Å². The van der Waals surface area contributed by atoms with Gasteiger partial charge in [-0.15, -0.1) is 11.8 Å². The Morgan fingerprint density at radius 2 is 2.06 bits per heavy atom. The summed E-state index contributed by atoms with van der Waals surface area (Å²) in [5.74, 6) is -0.194. The highest BCUT2D eigenvalue weighted by Gasteiger charge is 2.07. The molecule has 1 aromatic rings. The SMILES string of the molecule is CCCNC(=O)Nc1ccccc1SCC(N)=O. The maximum Gasteiger partial charge on any atom is 0.319 e. The maximum atomic E-state index is 11.5. The van der Waals surface area contributed by atoms with Gasteiger partial charge in [0.15, 0.2) is 0 Å². The average Bonchev–Trinajstić information content (AvgIpc) is 2.35. The summed E-state index contributed by atoms with van der Waals surface area (Å²) in [5, 5.41) is 5.47. The van der Waals surface area contributed by atoms with E-state index in [0.29, 0.717) is 12.2 Å². The van der Waals surface area contributed by atoms with Crippen LogP contribution in [0.15, 0.2) is 29.2 Å². The Labute approximate surface area is 111 Å². The van der Waals surface area contributed by atoms with Crippen LogP contribution in [-0.2, 0) is 4.79 Å². The second kappa shape index (κ2) is 7.60. The lowest BCUT2D eigenvalue weighted by atomic mass is 10.3. The van der Waals surface area contributed by atoms with Crippen molar-refractivity contribution in [2.24, 2.45) is 5.73 Å². The molecule has 0 aliphatic heterocycles. The van der Waals surface area contributed by atoms with E-state index >= 15 is 0 Å². The van der Waals surface area contributed by atoms with Crippen LogP contribution >= 0.6 is 11.8 Å². The first-order chi connectivity index (χ1) is 8.63. The molecule has 98 valence electrons. The number of carbonyl (C=O) groups is 2. The van der Waals surface area contributed by atoms with Crippen LogP contribution in [0.25, 0.3) is 0 Å². The zero-order valence-corrected chi connectivity index (χ0v) is 11.0. The van der Waals surface area contributed by atoms with Gasteiger partial charge < -0.3 is 16.4 Å². The molecule has 0 bridgehead atoms. The summed E-state index contributed by atoms with van der Waals surface area (Å²) in [6.45, 7) is 2.61. The third kappa shape index (κ3) is 5.09. The molecule has 0 atom stereocenters. The number of nitrogens with one attached hydrogen (secondary N) is 2. The second-order valence-electron chi connectivity index (χ2n) is 3.63. The third-order valence-electron chi connectivity index (χ3n) is 2.04. The summed E-state index contributed by atoms with van der Waals surface area (Å²) in [6.07, 6.45) is 0.880. The minimum Gasteiger partial charge on any atom is -0.369 e. The number of anilines is 1. The van der Waals surface area contributed by atoms with Crippen LogP contribution in [0.5, 0.6) is 0 Å². The molecule has 3 amide bonds. The van der Waals surface area contributed by atoms with E-state index < -0.39 is 0 Å². The lowest BCUT2D eigenvalue weighted by Gasteiger charge is -2.10. The standard InChI is InChI=1S/C12H17N3O2S/c1-2-7-14-12(17)15-9-5-3-4-6-10(9)18-8-11(13)16/h3-6H,2,7-8H2,1H3,(H2,13,16)(H2,14,15,17). The molecular formula is C12H17N3O2S. The second-order valence-corrected chi connectivity index (χ2v) is 4.65. The highest BCUT2D eigenvalue weighted by molar-refractivity contribution is 8.00. The number of urea groups is 1. The van der Waals surface area contributed by atoms with Gasteiger partial charge >= 0.3 is 6.03 Å². The highest BCUT2D eigenvalue weighted by atomic mass is 32.2. The van der Waals surface area contributed by atoms with Crippen LogP contribution < -0.4 is 16.4 Å². The Balaban J connectivity index is 2.63. The van der Waals surface area contributed by atoms with Crippen molar-refractivity contribution in [3.05, 3.63) is 24.3 Å². The lowest BCUT2D eigenvalue weighted by Crippen LogP contribution is -2.29. The van der Waals surface area contributed by atoms with Crippen molar-refractivity contribution in [2.45, 2.75) is 18.2 Å². The third-order valence-corrected chi connectivity index (χ3v) is 3.14. The summed E-state index contributed by atoms with van der Waals surface area (Å²) in [4.78, 5) is 23.1. The fraction of sp³-hybridized carbons (Fsp3) is 0.333. The zero-order chi connectivity index (χ0) is 13.4. The number of hydrogen-bond acceptors (Lipinski definition) is 3. The number of carbonyl (C=O) groups excluding carboxylic acids is 2. The highest BCUT2D eigenvalue weighted by Crippen LogP contribution is 2.26. The van der Waals surface area contributed by atoms with Gasteiger partial charge in [0.25, 0.3) is 0 Å². The van der Waals surface area contributed by atoms with Crippen molar-refractivity contribution in [3.8, 4) is 0 Å². The van der Waals surface area contributed by atoms with Crippen molar-refractivity contribution in [3.63, 3.8) is 0 Å². The number of para-hydroxylation sites is 1. The summed E-state index contributed by atoms with van der Waals surface area (Å²) in [7, 11) is 0. The van der Waals surface area contributed by atoms with Crippen molar-refractivity contribution in [2.75, 3.05) is 17.6 Å². The number of nitrogens with two attached hydrogens (primary N) is 1. The molecule has 0 aliphatic rings. The van der Waals surface area contributed by atoms with E-state index in [-0.39, 0.29) is 17.7 Å². The van der Waals surface area contributed by atoms with Crippen LogP contribution in [0.1, 0.15) is 13.3 Å². The van der Waals surface area contributed by atoms with E-state index in [0.717, 1.165) is 11.3 Å². The normalized spacial score (nSPS) is 9.83. The number of rotatable bonds is 6. The van der Waals surface area contributed by atoms with Gasteiger partial charge in [-0.1, -0.05) is 19.1 Å². The van der Waals surface area contributed by atoms with E-state index in [4.69, 9.17) is 5.73 Å². The van der Waals surface area contributed by atoms with E-state index in [2.05, 4.69) is 10.6 Å². The Kier molecular flexibility index (Phi) is 6.07. The molecular weight excluding hydrogens is 250 g/mol. The molecule has 0 saturated carbocycles. The van der Waals surface area contributed by atoms with Gasteiger partial charge in [0.2, 0.25) is 5.91 Å². The molecule has 0 aromatic heterocycles. The van der Waals surface area contributed by atoms with E-state index in [1.807, 2.05) is 25.1 Å². The number of benzene rings is 1. The number of hydrogen-bond donors (Lipinski definition) is 3. The first-order valence-corrected chi connectivity index (χ1v) is 6.67. The molecule has 1 aromatic carbocycles. The van der Waals surface area contributed by atoms with Gasteiger partial charge in [0.1, 0.15) is 0 Å². The maximum absolute atomic E-state index is 11.5. The minimum atomic E-state index is -0.384. The lowest BCUT2D eigenvalue weighted by molar-refractivity contribution is -0.115. The van der Waals surface area contributed by atoms with Crippen molar-refractivity contribution >= 4 is 29.4 Å².